The van der Waals surface area contributed by atoms with Crippen LogP contribution in [0, 0.1) is 0 Å². The first kappa shape index (κ1) is 26.7. The Morgan fingerprint density at radius 2 is 1.81 bits per heavy atom. The second kappa shape index (κ2) is 12.7. The van der Waals surface area contributed by atoms with E-state index in [0.29, 0.717) is 23.7 Å². The Bertz CT molecular complexity index is 1080. The molecule has 3 rings (SSSR count). The number of nitrogens with one attached hydrogen (secondary N) is 1. The fourth-order valence-electron chi connectivity index (χ4n) is 4.18. The molecule has 5 N–H and O–H groups in total. The number of nitrogens with two attached hydrogens (primary N) is 2. The lowest BCUT2D eigenvalue weighted by Gasteiger charge is -2.17. The maximum atomic E-state index is 12.7. The summed E-state index contributed by atoms with van der Waals surface area (Å²) >= 11 is 0. The fraction of sp³-hybridized carbons (Fsp3) is 0.480. The van der Waals surface area contributed by atoms with Crippen molar-refractivity contribution in [3.63, 3.8) is 0 Å². The number of benzene rings is 1. The van der Waals surface area contributed by atoms with Crippen molar-refractivity contribution in [2.24, 2.45) is 0 Å². The Morgan fingerprint density at radius 1 is 1.08 bits per heavy atom. The zero-order valence-corrected chi connectivity index (χ0v) is 20.6. The van der Waals surface area contributed by atoms with E-state index in [1.807, 2.05) is 0 Å². The summed E-state index contributed by atoms with van der Waals surface area (Å²) in [4.78, 5) is 45.0. The molecule has 0 saturated heterocycles. The summed E-state index contributed by atoms with van der Waals surface area (Å²) in [6, 6.07) is 5.63. The Kier molecular flexibility index (Phi) is 9.43. The van der Waals surface area contributed by atoms with Gasteiger partial charge in [0.2, 0.25) is 5.95 Å². The summed E-state index contributed by atoms with van der Waals surface area (Å²) in [7, 11) is 0. The molecule has 0 aliphatic heterocycles. The van der Waals surface area contributed by atoms with Crippen LogP contribution in [-0.4, -0.2) is 53.7 Å². The van der Waals surface area contributed by atoms with Crippen molar-refractivity contribution in [1.82, 2.24) is 15.3 Å². The third-order valence-corrected chi connectivity index (χ3v) is 5.88. The van der Waals surface area contributed by atoms with E-state index in [2.05, 4.69) is 15.3 Å². The molecule has 0 radical (unpaired) electrons. The van der Waals surface area contributed by atoms with Crippen LogP contribution in [0.25, 0.3) is 0 Å². The summed E-state index contributed by atoms with van der Waals surface area (Å²) in [5.74, 6) is -0.0599. The molecule has 11 nitrogen and oxygen atoms in total. The molecular weight excluding hydrogens is 466 g/mol. The first-order valence-electron chi connectivity index (χ1n) is 12.1. The van der Waals surface area contributed by atoms with E-state index in [9.17, 15) is 14.4 Å². The highest BCUT2D eigenvalue weighted by molar-refractivity contribution is 5.97. The molecule has 0 fully saturated rings. The summed E-state index contributed by atoms with van der Waals surface area (Å²) < 4.78 is 15.8. The van der Waals surface area contributed by atoms with E-state index in [1.165, 1.54) is 0 Å². The number of hydrogen-bond donors (Lipinski definition) is 3. The van der Waals surface area contributed by atoms with Crippen molar-refractivity contribution in [2.75, 3.05) is 31.3 Å². The minimum Gasteiger partial charge on any atom is -0.494 e. The van der Waals surface area contributed by atoms with Crippen LogP contribution in [0.5, 0.6) is 5.75 Å². The maximum Gasteiger partial charge on any atom is 0.328 e. The number of nitrogen functional groups attached to an aromatic ring is 2. The molecule has 0 spiro atoms. The van der Waals surface area contributed by atoms with E-state index >= 15 is 0 Å². The average Bonchev–Trinajstić information content (AvgIpc) is 3.25. The number of nitrogens with zero attached hydrogens (tertiary/aromatic N) is 2. The predicted octanol–water partition coefficient (Wildman–Crippen LogP) is 2.14. The minimum atomic E-state index is -0.959. The molecule has 194 valence electrons. The zero-order valence-electron chi connectivity index (χ0n) is 20.6. The lowest BCUT2D eigenvalue weighted by atomic mass is 10.00. The van der Waals surface area contributed by atoms with Gasteiger partial charge in [-0.15, -0.1) is 0 Å². The standard InChI is InChI=1S/C25H33N5O6/c1-3-34-20(31)12-11-19(24(33)35-4-2)28-23(32)16-5-8-17(9-6-16)36-14-13-15-7-10-18-21(15)22(26)30-25(27)29-18/h5-6,8-9,15,19H,3-4,7,10-14H2,1-2H3,(H,28,32)(H4,26,27,29,30)/t15?,19-/m0/s1. The van der Waals surface area contributed by atoms with Gasteiger partial charge in [0.05, 0.1) is 25.5 Å². The zero-order chi connectivity index (χ0) is 26.1. The molecule has 2 atom stereocenters. The molecule has 1 unspecified atom stereocenters. The molecule has 11 heteroatoms. The molecule has 1 aliphatic carbocycles. The van der Waals surface area contributed by atoms with E-state index < -0.39 is 23.9 Å². The second-order valence-corrected chi connectivity index (χ2v) is 8.35. The molecule has 1 amide bonds. The predicted molar refractivity (Wildman–Crippen MR) is 132 cm³/mol. The molecular formula is C25H33N5O6. The van der Waals surface area contributed by atoms with Gasteiger partial charge in [0, 0.05) is 17.5 Å². The molecule has 0 bridgehead atoms. The minimum absolute atomic E-state index is 0.0129. The van der Waals surface area contributed by atoms with Gasteiger partial charge in [0.1, 0.15) is 17.6 Å². The van der Waals surface area contributed by atoms with Crippen LogP contribution in [0.15, 0.2) is 24.3 Å². The number of anilines is 2. The Hall–Kier alpha value is -3.89. The van der Waals surface area contributed by atoms with Gasteiger partial charge in [-0.3, -0.25) is 9.59 Å². The third-order valence-electron chi connectivity index (χ3n) is 5.88. The lowest BCUT2D eigenvalue weighted by Crippen LogP contribution is -2.42. The van der Waals surface area contributed by atoms with Gasteiger partial charge in [0.25, 0.3) is 5.91 Å². The van der Waals surface area contributed by atoms with Crippen LogP contribution < -0.4 is 21.5 Å². The molecule has 2 aromatic rings. The second-order valence-electron chi connectivity index (χ2n) is 8.35. The normalized spacial score (nSPS) is 15.0. The van der Waals surface area contributed by atoms with Crippen LogP contribution >= 0.6 is 0 Å². The van der Waals surface area contributed by atoms with E-state index in [1.54, 1.807) is 38.1 Å². The van der Waals surface area contributed by atoms with Crippen molar-refractivity contribution in [3.05, 3.63) is 41.1 Å². The number of carbonyl (C=O) groups is 3. The summed E-state index contributed by atoms with van der Waals surface area (Å²) in [5.41, 5.74) is 13.9. The lowest BCUT2D eigenvalue weighted by molar-refractivity contribution is -0.146. The number of fused-ring (bicyclic) bond motifs is 1. The van der Waals surface area contributed by atoms with E-state index in [-0.39, 0.29) is 37.9 Å². The number of esters is 2. The molecule has 1 heterocycles. The number of ether oxygens (including phenoxy) is 3. The molecule has 1 aromatic heterocycles. The van der Waals surface area contributed by atoms with Gasteiger partial charge >= 0.3 is 11.9 Å². The highest BCUT2D eigenvalue weighted by atomic mass is 16.5. The van der Waals surface area contributed by atoms with Crippen molar-refractivity contribution >= 4 is 29.6 Å². The molecule has 0 saturated carbocycles. The number of hydrogen-bond acceptors (Lipinski definition) is 10. The fourth-order valence-corrected chi connectivity index (χ4v) is 4.18. The SMILES string of the molecule is CCOC(=O)CC[C@H](NC(=O)c1ccc(OCCC2CCc3nc(N)nc(N)c32)cc1)C(=O)OCC. The highest BCUT2D eigenvalue weighted by Gasteiger charge is 2.27. The van der Waals surface area contributed by atoms with Gasteiger partial charge in [-0.2, -0.15) is 4.98 Å². The first-order valence-corrected chi connectivity index (χ1v) is 12.1. The number of aromatic nitrogens is 2. The van der Waals surface area contributed by atoms with Gasteiger partial charge in [-0.05, 0) is 69.7 Å². The maximum absolute atomic E-state index is 12.7. The largest absolute Gasteiger partial charge is 0.494 e. The van der Waals surface area contributed by atoms with Crippen LogP contribution in [0.1, 0.15) is 67.1 Å². The smallest absolute Gasteiger partial charge is 0.328 e. The monoisotopic (exact) mass is 499 g/mol. The van der Waals surface area contributed by atoms with Crippen molar-refractivity contribution in [1.29, 1.82) is 0 Å². The number of aryl methyl sites for hydroxylation is 1. The van der Waals surface area contributed by atoms with Crippen LogP contribution in [0.3, 0.4) is 0 Å². The topological polar surface area (TPSA) is 169 Å². The van der Waals surface area contributed by atoms with Gasteiger partial charge < -0.3 is 31.0 Å². The highest BCUT2D eigenvalue weighted by Crippen LogP contribution is 2.37. The van der Waals surface area contributed by atoms with E-state index in [0.717, 1.165) is 30.5 Å². The molecule has 1 aliphatic rings. The van der Waals surface area contributed by atoms with Gasteiger partial charge in [0.15, 0.2) is 0 Å². The number of amides is 1. The van der Waals surface area contributed by atoms with E-state index in [4.69, 9.17) is 25.7 Å². The summed E-state index contributed by atoms with van der Waals surface area (Å²) in [6.07, 6.45) is 2.54. The van der Waals surface area contributed by atoms with Crippen LogP contribution in [-0.2, 0) is 25.5 Å². The molecule has 36 heavy (non-hydrogen) atoms. The Labute approximate surface area is 209 Å². The van der Waals surface area contributed by atoms with Gasteiger partial charge in [-0.25, -0.2) is 9.78 Å². The quantitative estimate of drug-likeness (QED) is 0.368. The van der Waals surface area contributed by atoms with Crippen LogP contribution in [0.2, 0.25) is 0 Å². The Morgan fingerprint density at radius 3 is 2.50 bits per heavy atom. The van der Waals surface area contributed by atoms with Crippen molar-refractivity contribution in [2.45, 2.75) is 57.9 Å². The third kappa shape index (κ3) is 7.06. The summed E-state index contributed by atoms with van der Waals surface area (Å²) in [6.45, 7) is 4.24. The number of rotatable bonds is 12. The van der Waals surface area contributed by atoms with Crippen molar-refractivity contribution in [3.8, 4) is 5.75 Å². The first-order chi connectivity index (χ1) is 17.3. The number of carbonyl (C=O) groups excluding carboxylic acids is 3. The summed E-state index contributed by atoms with van der Waals surface area (Å²) in [5, 5.41) is 2.64. The van der Waals surface area contributed by atoms with Crippen LogP contribution in [0.4, 0.5) is 11.8 Å². The Balaban J connectivity index is 1.52. The van der Waals surface area contributed by atoms with Crippen molar-refractivity contribution < 1.29 is 28.6 Å². The average molecular weight is 500 g/mol. The van der Waals surface area contributed by atoms with Gasteiger partial charge in [-0.1, -0.05) is 0 Å². The molecule has 1 aromatic carbocycles.